The van der Waals surface area contributed by atoms with Crippen LogP contribution in [0.2, 0.25) is 0 Å². The van der Waals surface area contributed by atoms with Crippen molar-refractivity contribution < 1.29 is 23.9 Å². The number of aromatic carboxylic acids is 1. The first-order valence-corrected chi connectivity index (χ1v) is 7.63. The average molecular weight is 350 g/mol. The van der Waals surface area contributed by atoms with Gasteiger partial charge in [-0.15, -0.1) is 0 Å². The highest BCUT2D eigenvalue weighted by Crippen LogP contribution is 2.18. The lowest BCUT2D eigenvalue weighted by Gasteiger charge is -2.09. The molecule has 0 fully saturated rings. The van der Waals surface area contributed by atoms with Gasteiger partial charge in [0.2, 0.25) is 0 Å². The van der Waals surface area contributed by atoms with Crippen LogP contribution in [0.5, 0.6) is 0 Å². The molecule has 0 aliphatic heterocycles. The molecule has 0 saturated carbocycles. The Morgan fingerprint density at radius 2 is 1.42 bits per heavy atom. The molecular formula is C19H14N2O5. The average Bonchev–Trinajstić information content (AvgIpc) is 3.17. The smallest absolute Gasteiger partial charge is 0.336 e. The van der Waals surface area contributed by atoms with Gasteiger partial charge in [-0.05, 0) is 42.5 Å². The second-order valence-corrected chi connectivity index (χ2v) is 5.32. The second-order valence-electron chi connectivity index (χ2n) is 5.32. The maximum Gasteiger partial charge on any atom is 0.336 e. The largest absolute Gasteiger partial charge is 0.478 e. The van der Waals surface area contributed by atoms with Gasteiger partial charge in [0.1, 0.15) is 0 Å². The van der Waals surface area contributed by atoms with Crippen molar-refractivity contribution in [3.05, 3.63) is 83.8 Å². The number of rotatable bonds is 5. The van der Waals surface area contributed by atoms with Gasteiger partial charge in [0.05, 0.1) is 17.4 Å². The van der Waals surface area contributed by atoms with Gasteiger partial charge in [-0.1, -0.05) is 18.2 Å². The summed E-state index contributed by atoms with van der Waals surface area (Å²) in [5.41, 5.74) is 0.820. The molecule has 1 aromatic heterocycles. The first-order valence-electron chi connectivity index (χ1n) is 7.63. The standard InChI is InChI=1S/C19H14N2O5/c22-17(14-7-1-2-8-15(14)19(24)25)20-12-5-3-6-13(11-12)21-18(23)16-9-4-10-26-16/h1-11H,(H,20,22)(H,21,23)(H,24,25). The number of nitrogens with one attached hydrogen (secondary N) is 2. The molecule has 0 radical (unpaired) electrons. The predicted octanol–water partition coefficient (Wildman–Crippen LogP) is 3.48. The summed E-state index contributed by atoms with van der Waals surface area (Å²) in [5.74, 6) is -2.00. The Morgan fingerprint density at radius 3 is 2.04 bits per heavy atom. The van der Waals surface area contributed by atoms with Crippen molar-refractivity contribution in [1.82, 2.24) is 0 Å². The Morgan fingerprint density at radius 1 is 0.769 bits per heavy atom. The third-order valence-electron chi connectivity index (χ3n) is 3.53. The molecule has 130 valence electrons. The molecule has 0 unspecified atom stereocenters. The van der Waals surface area contributed by atoms with Gasteiger partial charge in [-0.25, -0.2) is 4.79 Å². The zero-order valence-corrected chi connectivity index (χ0v) is 13.4. The number of amides is 2. The molecule has 7 heteroatoms. The van der Waals surface area contributed by atoms with Gasteiger partial charge in [0, 0.05) is 11.4 Å². The van der Waals surface area contributed by atoms with Crippen molar-refractivity contribution in [3.63, 3.8) is 0 Å². The molecule has 0 atom stereocenters. The Bertz CT molecular complexity index is 964. The SMILES string of the molecule is O=C(Nc1cccc(NC(=O)c2ccccc2C(=O)O)c1)c1ccco1. The first-order chi connectivity index (χ1) is 12.5. The van der Waals surface area contributed by atoms with Gasteiger partial charge in [0.15, 0.2) is 5.76 Å². The summed E-state index contributed by atoms with van der Waals surface area (Å²) >= 11 is 0. The van der Waals surface area contributed by atoms with Crippen molar-refractivity contribution in [2.24, 2.45) is 0 Å². The summed E-state index contributed by atoms with van der Waals surface area (Å²) in [4.78, 5) is 35.6. The van der Waals surface area contributed by atoms with Crippen LogP contribution in [0.3, 0.4) is 0 Å². The maximum absolute atomic E-state index is 12.4. The van der Waals surface area contributed by atoms with Crippen LogP contribution in [0.1, 0.15) is 31.3 Å². The second kappa shape index (κ2) is 7.35. The summed E-state index contributed by atoms with van der Waals surface area (Å²) in [5, 5.41) is 14.5. The van der Waals surface area contributed by atoms with Crippen molar-refractivity contribution in [1.29, 1.82) is 0 Å². The van der Waals surface area contributed by atoms with E-state index in [1.165, 1.54) is 24.5 Å². The van der Waals surface area contributed by atoms with Crippen LogP contribution in [0.25, 0.3) is 0 Å². The third-order valence-corrected chi connectivity index (χ3v) is 3.53. The fraction of sp³-hybridized carbons (Fsp3) is 0. The van der Waals surface area contributed by atoms with E-state index in [1.54, 1.807) is 42.5 Å². The van der Waals surface area contributed by atoms with Crippen LogP contribution in [-0.4, -0.2) is 22.9 Å². The lowest BCUT2D eigenvalue weighted by Crippen LogP contribution is -2.16. The Labute approximate surface area is 148 Å². The number of benzene rings is 2. The van der Waals surface area contributed by atoms with E-state index in [0.717, 1.165) is 0 Å². The van der Waals surface area contributed by atoms with Crippen LogP contribution in [-0.2, 0) is 0 Å². The molecule has 0 saturated heterocycles. The zero-order valence-electron chi connectivity index (χ0n) is 13.4. The number of hydrogen-bond donors (Lipinski definition) is 3. The van der Waals surface area contributed by atoms with E-state index in [2.05, 4.69) is 10.6 Å². The molecule has 3 aromatic rings. The summed E-state index contributed by atoms with van der Waals surface area (Å²) in [7, 11) is 0. The molecule has 0 spiro atoms. The number of carbonyl (C=O) groups is 3. The Hall–Kier alpha value is -3.87. The number of anilines is 2. The van der Waals surface area contributed by atoms with E-state index in [-0.39, 0.29) is 16.9 Å². The normalized spacial score (nSPS) is 10.2. The van der Waals surface area contributed by atoms with E-state index in [1.807, 2.05) is 0 Å². The number of carboxylic acids is 1. The highest BCUT2D eigenvalue weighted by Gasteiger charge is 2.16. The molecule has 0 bridgehead atoms. The van der Waals surface area contributed by atoms with Crippen molar-refractivity contribution >= 4 is 29.2 Å². The summed E-state index contributed by atoms with van der Waals surface area (Å²) < 4.78 is 5.02. The van der Waals surface area contributed by atoms with Gasteiger partial charge in [-0.3, -0.25) is 9.59 Å². The molecule has 0 aliphatic carbocycles. The third kappa shape index (κ3) is 3.78. The number of carbonyl (C=O) groups excluding carboxylic acids is 2. The van der Waals surface area contributed by atoms with Crippen LogP contribution in [0.15, 0.2) is 71.3 Å². The van der Waals surface area contributed by atoms with Gasteiger partial charge < -0.3 is 20.2 Å². The summed E-state index contributed by atoms with van der Waals surface area (Å²) in [6.07, 6.45) is 1.39. The monoisotopic (exact) mass is 350 g/mol. The predicted molar refractivity (Wildman–Crippen MR) is 94.5 cm³/mol. The molecule has 3 N–H and O–H groups in total. The molecule has 0 aliphatic rings. The molecule has 7 nitrogen and oxygen atoms in total. The quantitative estimate of drug-likeness (QED) is 0.653. The number of hydrogen-bond acceptors (Lipinski definition) is 4. The molecule has 3 rings (SSSR count). The Kier molecular flexibility index (Phi) is 4.80. The van der Waals surface area contributed by atoms with Crippen LogP contribution < -0.4 is 10.6 Å². The lowest BCUT2D eigenvalue weighted by molar-refractivity contribution is 0.0692. The van der Waals surface area contributed by atoms with E-state index in [9.17, 15) is 19.5 Å². The minimum absolute atomic E-state index is 0.0463. The van der Waals surface area contributed by atoms with Crippen molar-refractivity contribution in [2.45, 2.75) is 0 Å². The number of carboxylic acid groups (broad SMARTS) is 1. The molecule has 1 heterocycles. The fourth-order valence-corrected chi connectivity index (χ4v) is 2.34. The van der Waals surface area contributed by atoms with Gasteiger partial charge >= 0.3 is 5.97 Å². The molecule has 2 amide bonds. The van der Waals surface area contributed by atoms with E-state index in [4.69, 9.17) is 4.42 Å². The van der Waals surface area contributed by atoms with E-state index in [0.29, 0.717) is 11.4 Å². The van der Waals surface area contributed by atoms with Gasteiger partial charge in [-0.2, -0.15) is 0 Å². The topological polar surface area (TPSA) is 109 Å². The molecule has 26 heavy (non-hydrogen) atoms. The number of furan rings is 1. The zero-order chi connectivity index (χ0) is 18.5. The molecule has 2 aromatic carbocycles. The Balaban J connectivity index is 1.76. The van der Waals surface area contributed by atoms with Crippen molar-refractivity contribution in [3.8, 4) is 0 Å². The summed E-state index contributed by atoms with van der Waals surface area (Å²) in [6.45, 7) is 0. The van der Waals surface area contributed by atoms with E-state index < -0.39 is 17.8 Å². The minimum atomic E-state index is -1.18. The summed E-state index contributed by atoms with van der Waals surface area (Å²) in [6, 6.07) is 15.5. The fourth-order valence-electron chi connectivity index (χ4n) is 2.34. The van der Waals surface area contributed by atoms with Gasteiger partial charge in [0.25, 0.3) is 11.8 Å². The highest BCUT2D eigenvalue weighted by atomic mass is 16.4. The maximum atomic E-state index is 12.4. The molecular weight excluding hydrogens is 336 g/mol. The van der Waals surface area contributed by atoms with Crippen LogP contribution in [0, 0.1) is 0 Å². The van der Waals surface area contributed by atoms with Crippen molar-refractivity contribution in [2.75, 3.05) is 10.6 Å². The van der Waals surface area contributed by atoms with Crippen LogP contribution >= 0.6 is 0 Å². The first kappa shape index (κ1) is 17.0. The highest BCUT2D eigenvalue weighted by molar-refractivity contribution is 6.11. The minimum Gasteiger partial charge on any atom is -0.478 e. The van der Waals surface area contributed by atoms with E-state index >= 15 is 0 Å². The van der Waals surface area contributed by atoms with Crippen LogP contribution in [0.4, 0.5) is 11.4 Å². The lowest BCUT2D eigenvalue weighted by atomic mass is 10.1.